The van der Waals surface area contributed by atoms with Crippen LogP contribution in [0.15, 0.2) is 36.8 Å². The lowest BCUT2D eigenvalue weighted by atomic mass is 10.2. The van der Waals surface area contributed by atoms with Crippen LogP contribution < -0.4 is 5.32 Å². The monoisotopic (exact) mass is 415 g/mol. The lowest BCUT2D eigenvalue weighted by Gasteiger charge is -2.11. The lowest BCUT2D eigenvalue weighted by Crippen LogP contribution is -2.24. The first-order chi connectivity index (χ1) is 12.3. The van der Waals surface area contributed by atoms with Crippen molar-refractivity contribution in [1.29, 1.82) is 0 Å². The molecule has 1 N–H and O–H groups in total. The Labute approximate surface area is 163 Å². The molecule has 26 heavy (non-hydrogen) atoms. The minimum absolute atomic E-state index is 0.0748. The molecule has 0 aliphatic carbocycles. The molecule has 0 spiro atoms. The Balaban J connectivity index is 1.75. The van der Waals surface area contributed by atoms with E-state index in [1.54, 1.807) is 13.0 Å². The Bertz CT molecular complexity index is 935. The summed E-state index contributed by atoms with van der Waals surface area (Å²) in [6, 6.07) is 3.80. The number of anilines is 1. The SMILES string of the molecule is CC(C(=O)Nc1nn(Cc2c(F)cccc2Cl)cc1Cl)n1cc(Cl)cn1. The van der Waals surface area contributed by atoms with Crippen molar-refractivity contribution < 1.29 is 9.18 Å². The molecule has 0 aliphatic heterocycles. The zero-order chi connectivity index (χ0) is 18.8. The Morgan fingerprint density at radius 1 is 1.27 bits per heavy atom. The molecule has 0 saturated heterocycles. The molecule has 1 atom stereocenters. The average Bonchev–Trinajstić information content (AvgIpc) is 3.16. The molecule has 3 rings (SSSR count). The molecule has 1 aromatic carbocycles. The van der Waals surface area contributed by atoms with Crippen molar-refractivity contribution >= 4 is 46.5 Å². The number of benzene rings is 1. The van der Waals surface area contributed by atoms with Gasteiger partial charge in [-0.3, -0.25) is 14.2 Å². The molecule has 1 unspecified atom stereocenters. The van der Waals surface area contributed by atoms with Gasteiger partial charge in [0.05, 0.1) is 17.8 Å². The first kappa shape index (κ1) is 18.7. The van der Waals surface area contributed by atoms with Gasteiger partial charge < -0.3 is 5.32 Å². The minimum atomic E-state index is -0.621. The van der Waals surface area contributed by atoms with E-state index in [2.05, 4.69) is 15.5 Å². The molecule has 0 saturated carbocycles. The summed E-state index contributed by atoms with van der Waals surface area (Å²) in [4.78, 5) is 12.3. The van der Waals surface area contributed by atoms with Gasteiger partial charge in [-0.05, 0) is 19.1 Å². The number of nitrogens with one attached hydrogen (secondary N) is 1. The number of halogens is 4. The van der Waals surface area contributed by atoms with E-state index < -0.39 is 11.9 Å². The number of rotatable bonds is 5. The number of carbonyl (C=O) groups excluding carboxylic acids is 1. The third-order valence-corrected chi connectivity index (χ3v) is 4.51. The number of hydrogen-bond acceptors (Lipinski definition) is 3. The number of carbonyl (C=O) groups is 1. The van der Waals surface area contributed by atoms with Gasteiger partial charge in [0.15, 0.2) is 5.82 Å². The standard InChI is InChI=1S/C16H13Cl3FN5O/c1-9(25-6-10(17)5-21-25)16(26)22-15-13(19)8-24(23-15)7-11-12(18)3-2-4-14(11)20/h2-6,8-9H,7H2,1H3,(H,22,23,26). The van der Waals surface area contributed by atoms with Crippen LogP contribution in [0.1, 0.15) is 18.5 Å². The van der Waals surface area contributed by atoms with Crippen molar-refractivity contribution in [2.45, 2.75) is 19.5 Å². The lowest BCUT2D eigenvalue weighted by molar-refractivity contribution is -0.119. The Morgan fingerprint density at radius 3 is 2.69 bits per heavy atom. The van der Waals surface area contributed by atoms with Crippen LogP contribution >= 0.6 is 34.8 Å². The van der Waals surface area contributed by atoms with E-state index in [4.69, 9.17) is 34.8 Å². The zero-order valence-corrected chi connectivity index (χ0v) is 15.7. The van der Waals surface area contributed by atoms with Crippen LogP contribution in [0.2, 0.25) is 15.1 Å². The molecule has 2 aromatic heterocycles. The van der Waals surface area contributed by atoms with Crippen molar-refractivity contribution in [2.75, 3.05) is 5.32 Å². The predicted molar refractivity (Wildman–Crippen MR) is 98.3 cm³/mol. The molecule has 0 radical (unpaired) electrons. The van der Waals surface area contributed by atoms with E-state index in [1.807, 2.05) is 0 Å². The number of aromatic nitrogens is 4. The van der Waals surface area contributed by atoms with Crippen LogP contribution in [0.3, 0.4) is 0 Å². The average molecular weight is 417 g/mol. The second-order valence-electron chi connectivity index (χ2n) is 5.53. The summed E-state index contributed by atoms with van der Waals surface area (Å²) in [5, 5.41) is 11.7. The second-order valence-corrected chi connectivity index (χ2v) is 6.78. The van der Waals surface area contributed by atoms with Crippen molar-refractivity contribution in [3.8, 4) is 0 Å². The Kier molecular flexibility index (Phi) is 5.50. The zero-order valence-electron chi connectivity index (χ0n) is 13.5. The van der Waals surface area contributed by atoms with Gasteiger partial charge in [-0.1, -0.05) is 40.9 Å². The molecule has 0 bridgehead atoms. The van der Waals surface area contributed by atoms with Gasteiger partial charge in [-0.15, -0.1) is 0 Å². The summed E-state index contributed by atoms with van der Waals surface area (Å²) in [5.74, 6) is -0.658. The maximum absolute atomic E-state index is 13.9. The first-order valence-electron chi connectivity index (χ1n) is 7.51. The Hall–Kier alpha value is -2.09. The van der Waals surface area contributed by atoms with Crippen LogP contribution in [0.4, 0.5) is 10.2 Å². The van der Waals surface area contributed by atoms with Gasteiger partial charge in [-0.25, -0.2) is 4.39 Å². The third kappa shape index (κ3) is 4.00. The van der Waals surface area contributed by atoms with Crippen molar-refractivity contribution in [1.82, 2.24) is 19.6 Å². The molecule has 0 fully saturated rings. The molecular weight excluding hydrogens is 404 g/mol. The summed E-state index contributed by atoms with van der Waals surface area (Å²) >= 11 is 17.9. The van der Waals surface area contributed by atoms with Gasteiger partial charge in [0.2, 0.25) is 5.91 Å². The highest BCUT2D eigenvalue weighted by Crippen LogP contribution is 2.24. The normalized spacial score (nSPS) is 12.2. The summed E-state index contributed by atoms with van der Waals surface area (Å²) in [6.45, 7) is 1.73. The predicted octanol–water partition coefficient (Wildman–Crippen LogP) is 4.43. The molecular formula is C16H13Cl3FN5O. The largest absolute Gasteiger partial charge is 0.306 e. The maximum Gasteiger partial charge on any atom is 0.250 e. The maximum atomic E-state index is 13.9. The van der Waals surface area contributed by atoms with E-state index in [1.165, 1.54) is 40.1 Å². The van der Waals surface area contributed by atoms with E-state index in [0.29, 0.717) is 5.02 Å². The summed E-state index contributed by atoms with van der Waals surface area (Å²) < 4.78 is 16.7. The van der Waals surface area contributed by atoms with Crippen molar-refractivity contribution in [3.05, 3.63) is 63.2 Å². The highest BCUT2D eigenvalue weighted by molar-refractivity contribution is 6.33. The van der Waals surface area contributed by atoms with Gasteiger partial charge in [0.25, 0.3) is 0 Å². The molecule has 136 valence electrons. The van der Waals surface area contributed by atoms with Crippen LogP contribution in [-0.2, 0) is 11.3 Å². The number of hydrogen-bond donors (Lipinski definition) is 1. The van der Waals surface area contributed by atoms with Gasteiger partial charge in [0.1, 0.15) is 16.9 Å². The van der Waals surface area contributed by atoms with Gasteiger partial charge >= 0.3 is 0 Å². The van der Waals surface area contributed by atoms with Crippen molar-refractivity contribution in [3.63, 3.8) is 0 Å². The summed E-state index contributed by atoms with van der Waals surface area (Å²) in [7, 11) is 0. The molecule has 3 aromatic rings. The fourth-order valence-corrected chi connectivity index (χ4v) is 2.84. The van der Waals surface area contributed by atoms with Crippen LogP contribution in [-0.4, -0.2) is 25.5 Å². The Morgan fingerprint density at radius 2 is 2.04 bits per heavy atom. The van der Waals surface area contributed by atoms with Gasteiger partial charge in [-0.2, -0.15) is 10.2 Å². The quantitative estimate of drug-likeness (QED) is 0.669. The van der Waals surface area contributed by atoms with Crippen LogP contribution in [0, 0.1) is 5.82 Å². The number of amides is 1. The number of nitrogens with zero attached hydrogens (tertiary/aromatic N) is 4. The fraction of sp³-hybridized carbons (Fsp3) is 0.188. The van der Waals surface area contributed by atoms with Gasteiger partial charge in [0, 0.05) is 23.0 Å². The van der Waals surface area contributed by atoms with Crippen molar-refractivity contribution in [2.24, 2.45) is 0 Å². The molecule has 10 heteroatoms. The summed E-state index contributed by atoms with van der Waals surface area (Å²) in [6.07, 6.45) is 4.45. The molecule has 1 amide bonds. The molecule has 0 aliphatic rings. The highest BCUT2D eigenvalue weighted by Gasteiger charge is 2.19. The summed E-state index contributed by atoms with van der Waals surface area (Å²) in [5.41, 5.74) is 0.283. The van der Waals surface area contributed by atoms with Crippen LogP contribution in [0.5, 0.6) is 0 Å². The van der Waals surface area contributed by atoms with E-state index in [0.717, 1.165) is 0 Å². The smallest absolute Gasteiger partial charge is 0.250 e. The van der Waals surface area contributed by atoms with E-state index >= 15 is 0 Å². The molecule has 2 heterocycles. The van der Waals surface area contributed by atoms with E-state index in [-0.39, 0.29) is 33.9 Å². The third-order valence-electron chi connectivity index (χ3n) is 3.69. The van der Waals surface area contributed by atoms with E-state index in [9.17, 15) is 9.18 Å². The fourth-order valence-electron chi connectivity index (χ4n) is 2.28. The minimum Gasteiger partial charge on any atom is -0.306 e. The first-order valence-corrected chi connectivity index (χ1v) is 8.65. The highest BCUT2D eigenvalue weighted by atomic mass is 35.5. The second kappa shape index (κ2) is 7.65. The molecule has 6 nitrogen and oxygen atoms in total. The topological polar surface area (TPSA) is 64.7 Å². The van der Waals surface area contributed by atoms with Crippen LogP contribution in [0.25, 0.3) is 0 Å².